The first-order chi connectivity index (χ1) is 9.08. The third-order valence-electron chi connectivity index (χ3n) is 3.34. The lowest BCUT2D eigenvalue weighted by Crippen LogP contribution is -2.29. The zero-order valence-electron chi connectivity index (χ0n) is 11.6. The zero-order chi connectivity index (χ0) is 13.8. The van der Waals surface area contributed by atoms with Crippen molar-refractivity contribution in [3.05, 3.63) is 23.8 Å². The Balaban J connectivity index is 1.99. The molecule has 0 bridgehead atoms. The minimum absolute atomic E-state index is 0.152. The molecule has 19 heavy (non-hydrogen) atoms. The van der Waals surface area contributed by atoms with Crippen molar-refractivity contribution >= 4 is 10.8 Å². The van der Waals surface area contributed by atoms with Crippen LogP contribution in [0.5, 0.6) is 11.5 Å². The molecule has 0 amide bonds. The SMILES string of the molecule is CC(NCC(C)S(C)=O)c1ccc2c(c1)OCCO2. The number of hydrogen-bond acceptors (Lipinski definition) is 4. The second-order valence-corrected chi connectivity index (χ2v) is 6.64. The second-order valence-electron chi connectivity index (χ2n) is 4.84. The molecule has 0 fully saturated rings. The Morgan fingerprint density at radius 1 is 1.26 bits per heavy atom. The molecule has 0 aromatic heterocycles. The molecule has 0 saturated carbocycles. The predicted molar refractivity (Wildman–Crippen MR) is 77.4 cm³/mol. The lowest BCUT2D eigenvalue weighted by molar-refractivity contribution is 0.171. The van der Waals surface area contributed by atoms with Gasteiger partial charge in [-0.1, -0.05) is 6.07 Å². The van der Waals surface area contributed by atoms with Crippen LogP contribution in [0.2, 0.25) is 0 Å². The Bertz CT molecular complexity index is 464. The molecular formula is C14H21NO3S. The van der Waals surface area contributed by atoms with Crippen LogP contribution in [-0.2, 0) is 10.8 Å². The molecule has 0 aliphatic carbocycles. The Hall–Kier alpha value is -1.07. The summed E-state index contributed by atoms with van der Waals surface area (Å²) in [7, 11) is -0.792. The van der Waals surface area contributed by atoms with E-state index in [1.165, 1.54) is 0 Å². The van der Waals surface area contributed by atoms with Gasteiger partial charge in [0, 0.05) is 34.9 Å². The van der Waals surface area contributed by atoms with E-state index in [0.29, 0.717) is 13.2 Å². The molecule has 1 N–H and O–H groups in total. The van der Waals surface area contributed by atoms with Crippen LogP contribution in [0.4, 0.5) is 0 Å². The summed E-state index contributed by atoms with van der Waals surface area (Å²) in [6.07, 6.45) is 1.74. The minimum Gasteiger partial charge on any atom is -0.486 e. The molecule has 0 spiro atoms. The van der Waals surface area contributed by atoms with Gasteiger partial charge in [-0.05, 0) is 31.5 Å². The largest absolute Gasteiger partial charge is 0.486 e. The summed E-state index contributed by atoms with van der Waals surface area (Å²) in [6, 6.07) is 6.20. The Kier molecular flexibility index (Phi) is 4.82. The summed E-state index contributed by atoms with van der Waals surface area (Å²) >= 11 is 0. The van der Waals surface area contributed by atoms with Crippen LogP contribution < -0.4 is 14.8 Å². The number of rotatable bonds is 5. The topological polar surface area (TPSA) is 47.6 Å². The van der Waals surface area contributed by atoms with E-state index >= 15 is 0 Å². The van der Waals surface area contributed by atoms with Gasteiger partial charge in [-0.2, -0.15) is 0 Å². The highest BCUT2D eigenvalue weighted by Gasteiger charge is 2.15. The third-order valence-corrected chi connectivity index (χ3v) is 4.64. The summed E-state index contributed by atoms with van der Waals surface area (Å²) < 4.78 is 22.4. The molecule has 3 atom stereocenters. The van der Waals surface area contributed by atoms with E-state index in [1.807, 2.05) is 25.1 Å². The molecule has 0 saturated heterocycles. The molecular weight excluding hydrogens is 262 g/mol. The average Bonchev–Trinajstić information content (AvgIpc) is 2.43. The van der Waals surface area contributed by atoms with Gasteiger partial charge in [-0.15, -0.1) is 0 Å². The van der Waals surface area contributed by atoms with Gasteiger partial charge in [0.15, 0.2) is 11.5 Å². The van der Waals surface area contributed by atoms with Crippen molar-refractivity contribution in [3.63, 3.8) is 0 Å². The molecule has 5 heteroatoms. The van der Waals surface area contributed by atoms with E-state index in [2.05, 4.69) is 12.2 Å². The van der Waals surface area contributed by atoms with E-state index < -0.39 is 10.8 Å². The monoisotopic (exact) mass is 283 g/mol. The van der Waals surface area contributed by atoms with Crippen LogP contribution in [0.25, 0.3) is 0 Å². The van der Waals surface area contributed by atoms with Crippen molar-refractivity contribution in [2.45, 2.75) is 25.1 Å². The van der Waals surface area contributed by atoms with Crippen LogP contribution in [0, 0.1) is 0 Å². The summed E-state index contributed by atoms with van der Waals surface area (Å²) in [6.45, 7) is 6.03. The van der Waals surface area contributed by atoms with E-state index in [0.717, 1.165) is 23.6 Å². The van der Waals surface area contributed by atoms with Gasteiger partial charge in [0.25, 0.3) is 0 Å². The van der Waals surface area contributed by atoms with E-state index in [1.54, 1.807) is 6.26 Å². The van der Waals surface area contributed by atoms with Gasteiger partial charge in [0.2, 0.25) is 0 Å². The maximum Gasteiger partial charge on any atom is 0.161 e. The highest BCUT2D eigenvalue weighted by molar-refractivity contribution is 7.84. The Morgan fingerprint density at radius 3 is 2.63 bits per heavy atom. The molecule has 1 aliphatic rings. The van der Waals surface area contributed by atoms with Gasteiger partial charge in [-0.3, -0.25) is 4.21 Å². The van der Waals surface area contributed by atoms with E-state index in [4.69, 9.17) is 9.47 Å². The maximum atomic E-state index is 11.3. The summed E-state index contributed by atoms with van der Waals surface area (Å²) in [5, 5.41) is 3.55. The first kappa shape index (κ1) is 14.3. The van der Waals surface area contributed by atoms with Crippen molar-refractivity contribution < 1.29 is 13.7 Å². The number of fused-ring (bicyclic) bond motifs is 1. The van der Waals surface area contributed by atoms with E-state index in [9.17, 15) is 4.21 Å². The molecule has 1 heterocycles. The quantitative estimate of drug-likeness (QED) is 0.896. The molecule has 3 unspecified atom stereocenters. The van der Waals surface area contributed by atoms with E-state index in [-0.39, 0.29) is 11.3 Å². The molecule has 4 nitrogen and oxygen atoms in total. The number of hydrogen-bond donors (Lipinski definition) is 1. The van der Waals surface area contributed by atoms with Crippen molar-refractivity contribution in [1.82, 2.24) is 5.32 Å². The zero-order valence-corrected chi connectivity index (χ0v) is 12.5. The second kappa shape index (κ2) is 6.39. The fourth-order valence-electron chi connectivity index (χ4n) is 1.91. The number of ether oxygens (including phenoxy) is 2. The summed E-state index contributed by atoms with van der Waals surface area (Å²) in [5.41, 5.74) is 1.15. The minimum atomic E-state index is -0.792. The predicted octanol–water partition coefficient (Wildman–Crippen LogP) is 1.88. The first-order valence-electron chi connectivity index (χ1n) is 6.53. The van der Waals surface area contributed by atoms with Crippen molar-refractivity contribution in [2.75, 3.05) is 26.0 Å². The standard InChI is InChI=1S/C14H21NO3S/c1-10(19(3)16)9-15-11(2)12-4-5-13-14(8-12)18-7-6-17-13/h4-5,8,10-11,15H,6-7,9H2,1-3H3. The smallest absolute Gasteiger partial charge is 0.161 e. The number of nitrogens with one attached hydrogen (secondary N) is 1. The summed E-state index contributed by atoms with van der Waals surface area (Å²) in [5.74, 6) is 1.62. The molecule has 1 aromatic rings. The lowest BCUT2D eigenvalue weighted by atomic mass is 10.1. The van der Waals surface area contributed by atoms with Crippen LogP contribution in [0.3, 0.4) is 0 Å². The maximum absolute atomic E-state index is 11.3. The third kappa shape index (κ3) is 3.70. The van der Waals surface area contributed by atoms with Gasteiger partial charge in [-0.25, -0.2) is 0 Å². The Morgan fingerprint density at radius 2 is 1.95 bits per heavy atom. The highest BCUT2D eigenvalue weighted by Crippen LogP contribution is 2.32. The normalized spacial score (nSPS) is 18.7. The van der Waals surface area contributed by atoms with Crippen molar-refractivity contribution in [3.8, 4) is 11.5 Å². The van der Waals surface area contributed by atoms with Crippen LogP contribution in [-0.4, -0.2) is 35.5 Å². The fourth-order valence-corrected chi connectivity index (χ4v) is 2.24. The van der Waals surface area contributed by atoms with Gasteiger partial charge in [0.05, 0.1) is 0 Å². The summed E-state index contributed by atoms with van der Waals surface area (Å²) in [4.78, 5) is 0. The average molecular weight is 283 g/mol. The van der Waals surface area contributed by atoms with Gasteiger partial charge >= 0.3 is 0 Å². The van der Waals surface area contributed by atoms with Gasteiger partial charge < -0.3 is 14.8 Å². The Labute approximate surface area is 116 Å². The molecule has 1 aliphatic heterocycles. The molecule has 2 rings (SSSR count). The molecule has 1 aromatic carbocycles. The number of benzene rings is 1. The highest BCUT2D eigenvalue weighted by atomic mass is 32.2. The van der Waals surface area contributed by atoms with Crippen molar-refractivity contribution in [1.29, 1.82) is 0 Å². The fraction of sp³-hybridized carbons (Fsp3) is 0.571. The van der Waals surface area contributed by atoms with Crippen molar-refractivity contribution in [2.24, 2.45) is 0 Å². The first-order valence-corrected chi connectivity index (χ1v) is 8.15. The lowest BCUT2D eigenvalue weighted by Gasteiger charge is -2.21. The van der Waals surface area contributed by atoms with Crippen LogP contribution in [0.1, 0.15) is 25.5 Å². The molecule has 0 radical (unpaired) electrons. The van der Waals surface area contributed by atoms with Crippen LogP contribution in [0.15, 0.2) is 18.2 Å². The molecule has 106 valence electrons. The van der Waals surface area contributed by atoms with Crippen LogP contribution >= 0.6 is 0 Å². The van der Waals surface area contributed by atoms with Gasteiger partial charge in [0.1, 0.15) is 13.2 Å².